The van der Waals surface area contributed by atoms with Crippen LogP contribution in [0.5, 0.6) is 0 Å². The van der Waals surface area contributed by atoms with Crippen molar-refractivity contribution in [3.8, 4) is 11.1 Å². The molecule has 7 nitrogen and oxygen atoms in total. The minimum atomic E-state index is -4.94. The SMILES string of the molecule is CCCC(NC(=O)CC(NC(=O)OCC1c2ccccc2-c2ccccc21)C(F)(F)F)C(=O)O. The second kappa shape index (κ2) is 10.6. The third-order valence-corrected chi connectivity index (χ3v) is 5.63. The van der Waals surface area contributed by atoms with Crippen molar-refractivity contribution >= 4 is 18.0 Å². The van der Waals surface area contributed by atoms with E-state index in [2.05, 4.69) is 5.32 Å². The molecule has 0 heterocycles. The van der Waals surface area contributed by atoms with Gasteiger partial charge in [-0.1, -0.05) is 61.9 Å². The predicted octanol–water partition coefficient (Wildman–Crippen LogP) is 4.22. The number of carbonyl (C=O) groups is 3. The maximum Gasteiger partial charge on any atom is 0.409 e. The first kappa shape index (κ1) is 25.1. The van der Waals surface area contributed by atoms with Crippen LogP contribution in [0, 0.1) is 0 Å². The summed E-state index contributed by atoms with van der Waals surface area (Å²) in [6, 6.07) is 11.2. The Balaban J connectivity index is 1.64. The van der Waals surface area contributed by atoms with Crippen LogP contribution in [0.4, 0.5) is 18.0 Å². The molecule has 0 saturated heterocycles. The highest BCUT2D eigenvalue weighted by atomic mass is 19.4. The first-order chi connectivity index (χ1) is 16.1. The van der Waals surface area contributed by atoms with Crippen molar-refractivity contribution in [1.82, 2.24) is 10.6 Å². The molecule has 0 radical (unpaired) electrons. The summed E-state index contributed by atoms with van der Waals surface area (Å²) in [6.45, 7) is 1.49. The largest absolute Gasteiger partial charge is 0.480 e. The van der Waals surface area contributed by atoms with Crippen molar-refractivity contribution < 1.29 is 37.4 Å². The summed E-state index contributed by atoms with van der Waals surface area (Å²) in [6.07, 6.45) is -6.94. The molecule has 182 valence electrons. The zero-order valence-corrected chi connectivity index (χ0v) is 18.4. The van der Waals surface area contributed by atoms with Crippen molar-refractivity contribution in [3.63, 3.8) is 0 Å². The second-order valence-electron chi connectivity index (χ2n) is 8.02. The summed E-state index contributed by atoms with van der Waals surface area (Å²) in [7, 11) is 0. The smallest absolute Gasteiger partial charge is 0.409 e. The number of carboxylic acid groups (broad SMARTS) is 1. The molecule has 2 unspecified atom stereocenters. The van der Waals surface area contributed by atoms with E-state index in [4.69, 9.17) is 9.84 Å². The molecule has 3 N–H and O–H groups in total. The van der Waals surface area contributed by atoms with Crippen LogP contribution in [0.3, 0.4) is 0 Å². The maximum absolute atomic E-state index is 13.5. The van der Waals surface area contributed by atoms with E-state index >= 15 is 0 Å². The highest BCUT2D eigenvalue weighted by Gasteiger charge is 2.43. The molecule has 2 amide bonds. The Morgan fingerprint density at radius 1 is 1.00 bits per heavy atom. The van der Waals surface area contributed by atoms with E-state index in [-0.39, 0.29) is 18.9 Å². The lowest BCUT2D eigenvalue weighted by atomic mass is 9.98. The average molecular weight is 478 g/mol. The van der Waals surface area contributed by atoms with Gasteiger partial charge in [-0.2, -0.15) is 13.2 Å². The van der Waals surface area contributed by atoms with Gasteiger partial charge < -0.3 is 20.5 Å². The van der Waals surface area contributed by atoms with Gasteiger partial charge in [0.1, 0.15) is 18.7 Å². The Labute approximate surface area is 194 Å². The summed E-state index contributed by atoms with van der Waals surface area (Å²) in [5, 5.41) is 12.8. The summed E-state index contributed by atoms with van der Waals surface area (Å²) in [4.78, 5) is 35.4. The van der Waals surface area contributed by atoms with Gasteiger partial charge in [0.2, 0.25) is 5.91 Å². The molecule has 1 aliphatic carbocycles. The summed E-state index contributed by atoms with van der Waals surface area (Å²) in [5.74, 6) is -2.82. The number of ether oxygens (including phenoxy) is 1. The molecule has 3 rings (SSSR count). The molecule has 0 spiro atoms. The van der Waals surface area contributed by atoms with E-state index in [1.54, 1.807) is 12.2 Å². The van der Waals surface area contributed by atoms with Crippen molar-refractivity contribution in [2.24, 2.45) is 0 Å². The van der Waals surface area contributed by atoms with Gasteiger partial charge in [0.05, 0.1) is 6.42 Å². The normalized spacial score (nSPS) is 14.5. The molecule has 0 aromatic heterocycles. The maximum atomic E-state index is 13.5. The average Bonchev–Trinajstić information content (AvgIpc) is 3.10. The van der Waals surface area contributed by atoms with Gasteiger partial charge in [0.25, 0.3) is 0 Å². The van der Waals surface area contributed by atoms with Crippen LogP contribution in [0.1, 0.15) is 43.2 Å². The topological polar surface area (TPSA) is 105 Å². The Hall–Kier alpha value is -3.56. The first-order valence-corrected chi connectivity index (χ1v) is 10.8. The predicted molar refractivity (Wildman–Crippen MR) is 117 cm³/mol. The first-order valence-electron chi connectivity index (χ1n) is 10.8. The Kier molecular flexibility index (Phi) is 7.80. The Morgan fingerprint density at radius 2 is 1.56 bits per heavy atom. The second-order valence-corrected chi connectivity index (χ2v) is 8.02. The number of alkyl halides is 3. The van der Waals surface area contributed by atoms with E-state index in [1.165, 1.54) is 0 Å². The van der Waals surface area contributed by atoms with Crippen molar-refractivity contribution in [3.05, 3.63) is 59.7 Å². The number of halogens is 3. The fourth-order valence-corrected chi connectivity index (χ4v) is 4.02. The zero-order chi connectivity index (χ0) is 24.9. The lowest BCUT2D eigenvalue weighted by Gasteiger charge is -2.23. The van der Waals surface area contributed by atoms with E-state index in [0.717, 1.165) is 22.3 Å². The van der Waals surface area contributed by atoms with Crippen LogP contribution in [-0.4, -0.2) is 47.9 Å². The van der Waals surface area contributed by atoms with Gasteiger partial charge in [0, 0.05) is 5.92 Å². The number of amides is 2. The molecule has 2 atom stereocenters. The minimum Gasteiger partial charge on any atom is -0.480 e. The van der Waals surface area contributed by atoms with Gasteiger partial charge in [0.15, 0.2) is 0 Å². The molecular weight excluding hydrogens is 453 g/mol. The zero-order valence-electron chi connectivity index (χ0n) is 18.4. The fourth-order valence-electron chi connectivity index (χ4n) is 4.02. The summed E-state index contributed by atoms with van der Waals surface area (Å²) >= 11 is 0. The fraction of sp³-hybridized carbons (Fsp3) is 0.375. The Morgan fingerprint density at radius 3 is 2.06 bits per heavy atom. The standard InChI is InChI=1S/C24H25F3N2O5/c1-2-7-19(22(31)32)28-21(30)12-20(24(25,26)27)29-23(33)34-13-18-16-10-5-3-8-14(16)15-9-4-6-11-17(15)18/h3-6,8-11,18-20H,2,7,12-13H2,1H3,(H,28,30)(H,29,33)(H,31,32). The molecule has 0 saturated carbocycles. The van der Waals surface area contributed by atoms with Crippen molar-refractivity contribution in [2.75, 3.05) is 6.61 Å². The van der Waals surface area contributed by atoms with Crippen LogP contribution in [0.15, 0.2) is 48.5 Å². The van der Waals surface area contributed by atoms with Crippen LogP contribution in [0.2, 0.25) is 0 Å². The molecule has 10 heteroatoms. The van der Waals surface area contributed by atoms with E-state index in [0.29, 0.717) is 6.42 Å². The molecular formula is C24H25F3N2O5. The van der Waals surface area contributed by atoms with Crippen LogP contribution in [0.25, 0.3) is 11.1 Å². The molecule has 1 aliphatic rings. The van der Waals surface area contributed by atoms with Gasteiger partial charge >= 0.3 is 18.2 Å². The number of carbonyl (C=O) groups excluding carboxylic acids is 2. The minimum absolute atomic E-state index is 0.0670. The number of carboxylic acids is 1. The number of alkyl carbamates (subject to hydrolysis) is 1. The number of hydrogen-bond donors (Lipinski definition) is 3. The highest BCUT2D eigenvalue weighted by Crippen LogP contribution is 2.44. The third-order valence-electron chi connectivity index (χ3n) is 5.63. The molecule has 0 fully saturated rings. The quantitative estimate of drug-likeness (QED) is 0.501. The van der Waals surface area contributed by atoms with E-state index in [9.17, 15) is 27.6 Å². The Bertz CT molecular complexity index is 1010. The number of fused-ring (bicyclic) bond motifs is 3. The number of aliphatic carboxylic acids is 1. The van der Waals surface area contributed by atoms with Gasteiger partial charge in [-0.25, -0.2) is 9.59 Å². The molecule has 34 heavy (non-hydrogen) atoms. The van der Waals surface area contributed by atoms with Crippen molar-refractivity contribution in [1.29, 1.82) is 0 Å². The number of hydrogen-bond acceptors (Lipinski definition) is 4. The number of benzene rings is 2. The molecule has 2 aromatic rings. The number of nitrogens with one attached hydrogen (secondary N) is 2. The van der Waals surface area contributed by atoms with Crippen molar-refractivity contribution in [2.45, 2.75) is 50.4 Å². The monoisotopic (exact) mass is 478 g/mol. The highest BCUT2D eigenvalue weighted by molar-refractivity contribution is 5.84. The summed E-state index contributed by atoms with van der Waals surface area (Å²) < 4.78 is 45.5. The van der Waals surface area contributed by atoms with Crippen LogP contribution >= 0.6 is 0 Å². The van der Waals surface area contributed by atoms with E-state index in [1.807, 2.05) is 48.5 Å². The van der Waals surface area contributed by atoms with Gasteiger partial charge in [-0.05, 0) is 28.7 Å². The van der Waals surface area contributed by atoms with Crippen LogP contribution in [-0.2, 0) is 14.3 Å². The molecule has 2 aromatic carbocycles. The molecule has 0 aliphatic heterocycles. The van der Waals surface area contributed by atoms with Gasteiger partial charge in [-0.15, -0.1) is 0 Å². The summed E-state index contributed by atoms with van der Waals surface area (Å²) in [5.41, 5.74) is 3.74. The van der Waals surface area contributed by atoms with Crippen LogP contribution < -0.4 is 10.6 Å². The number of rotatable bonds is 9. The lowest BCUT2D eigenvalue weighted by Crippen LogP contribution is -2.50. The lowest BCUT2D eigenvalue weighted by molar-refractivity contribution is -0.161. The van der Waals surface area contributed by atoms with E-state index < -0.39 is 42.7 Å². The third kappa shape index (κ3) is 5.86. The van der Waals surface area contributed by atoms with Gasteiger partial charge in [-0.3, -0.25) is 4.79 Å². The molecule has 0 bridgehead atoms.